The largest absolute Gasteiger partial charge is 0.389 e. The van der Waals surface area contributed by atoms with Gasteiger partial charge in [-0.15, -0.1) is 0 Å². The van der Waals surface area contributed by atoms with E-state index in [0.29, 0.717) is 11.3 Å². The van der Waals surface area contributed by atoms with Gasteiger partial charge in [0, 0.05) is 11.3 Å². The summed E-state index contributed by atoms with van der Waals surface area (Å²) in [5, 5.41) is 9.66. The van der Waals surface area contributed by atoms with E-state index >= 15 is 0 Å². The second-order valence-electron chi connectivity index (χ2n) is 4.02. The zero-order valence-electron chi connectivity index (χ0n) is 10.2. The smallest absolute Gasteiger partial charge is 0.236 e. The van der Waals surface area contributed by atoms with Gasteiger partial charge in [0.05, 0.1) is 19.2 Å². The monoisotopic (exact) mass is 251 g/mol. The number of rotatable bonds is 6. The van der Waals surface area contributed by atoms with Crippen molar-refractivity contribution in [2.45, 2.75) is 13.0 Å². The van der Waals surface area contributed by atoms with Gasteiger partial charge in [-0.05, 0) is 13.0 Å². The van der Waals surface area contributed by atoms with Crippen LogP contribution >= 0.6 is 0 Å². The minimum atomic E-state index is -0.718. The summed E-state index contributed by atoms with van der Waals surface area (Å²) in [6.07, 6.45) is -0.718. The van der Waals surface area contributed by atoms with Crippen molar-refractivity contribution in [1.29, 1.82) is 0 Å². The lowest BCUT2D eigenvalue weighted by molar-refractivity contribution is -0.117. The van der Waals surface area contributed by atoms with Gasteiger partial charge in [-0.2, -0.15) is 0 Å². The van der Waals surface area contributed by atoms with Crippen LogP contribution in [0.5, 0.6) is 0 Å². The topological polar surface area (TPSA) is 110 Å². The minimum Gasteiger partial charge on any atom is -0.389 e. The van der Waals surface area contributed by atoms with E-state index in [9.17, 15) is 14.7 Å². The second-order valence-corrected chi connectivity index (χ2v) is 4.02. The van der Waals surface area contributed by atoms with E-state index in [2.05, 4.69) is 0 Å². The summed E-state index contributed by atoms with van der Waals surface area (Å²) in [6, 6.07) is 6.93. The van der Waals surface area contributed by atoms with Gasteiger partial charge in [-0.25, -0.2) is 0 Å². The highest BCUT2D eigenvalue weighted by Crippen LogP contribution is 2.25. The first kappa shape index (κ1) is 14.0. The molecule has 1 aromatic rings. The van der Waals surface area contributed by atoms with E-state index in [-0.39, 0.29) is 13.1 Å². The maximum atomic E-state index is 11.0. The Bertz CT molecular complexity index is 430. The Balaban J connectivity index is 3.11. The van der Waals surface area contributed by atoms with E-state index < -0.39 is 17.9 Å². The molecular weight excluding hydrogens is 234 g/mol. The molecule has 5 N–H and O–H groups in total. The zero-order chi connectivity index (χ0) is 13.7. The predicted octanol–water partition coefficient (Wildman–Crippen LogP) is -0.483. The Morgan fingerprint density at radius 1 is 1.22 bits per heavy atom. The van der Waals surface area contributed by atoms with Gasteiger partial charge < -0.3 is 21.5 Å². The summed E-state index contributed by atoms with van der Waals surface area (Å²) in [6.45, 7) is 1.34. The quantitative estimate of drug-likeness (QED) is 0.634. The van der Waals surface area contributed by atoms with Gasteiger partial charge in [-0.3, -0.25) is 9.59 Å². The number of amides is 2. The first-order valence-electron chi connectivity index (χ1n) is 5.50. The van der Waals surface area contributed by atoms with Crippen molar-refractivity contribution in [3.63, 3.8) is 0 Å². The van der Waals surface area contributed by atoms with Crippen LogP contribution < -0.4 is 16.4 Å². The first-order valence-corrected chi connectivity index (χ1v) is 5.50. The molecule has 1 aromatic carbocycles. The third kappa shape index (κ3) is 3.74. The van der Waals surface area contributed by atoms with Gasteiger partial charge in [0.1, 0.15) is 0 Å². The number of nitrogens with zero attached hydrogens (tertiary/aromatic N) is 1. The van der Waals surface area contributed by atoms with E-state index in [1.54, 1.807) is 31.2 Å². The molecule has 98 valence electrons. The third-order valence-electron chi connectivity index (χ3n) is 2.42. The normalized spacial score (nSPS) is 11.9. The summed E-state index contributed by atoms with van der Waals surface area (Å²) < 4.78 is 0. The standard InChI is InChI=1S/C12H17N3O3/c1-8(16)9-4-2-3-5-10(9)15(6-11(13)17)7-12(14)18/h2-5,8,16H,6-7H2,1H3,(H2,13,17)(H2,14,18). The number of para-hydroxylation sites is 1. The van der Waals surface area contributed by atoms with Crippen LogP contribution in [0.15, 0.2) is 24.3 Å². The Morgan fingerprint density at radius 2 is 1.72 bits per heavy atom. The maximum Gasteiger partial charge on any atom is 0.236 e. The SMILES string of the molecule is CC(O)c1ccccc1N(CC(N)=O)CC(N)=O. The minimum absolute atomic E-state index is 0.132. The van der Waals surface area contributed by atoms with Crippen molar-refractivity contribution in [1.82, 2.24) is 0 Å². The Kier molecular flexibility index (Phi) is 4.67. The average Bonchev–Trinajstić information content (AvgIpc) is 2.26. The highest BCUT2D eigenvalue weighted by atomic mass is 16.3. The molecule has 6 nitrogen and oxygen atoms in total. The fourth-order valence-corrected chi connectivity index (χ4v) is 1.73. The molecule has 6 heteroatoms. The van der Waals surface area contributed by atoms with Gasteiger partial charge >= 0.3 is 0 Å². The van der Waals surface area contributed by atoms with Crippen LogP contribution in [0.3, 0.4) is 0 Å². The van der Waals surface area contributed by atoms with Crippen LogP contribution in [-0.4, -0.2) is 30.0 Å². The first-order chi connectivity index (χ1) is 8.41. The Hall–Kier alpha value is -2.08. The van der Waals surface area contributed by atoms with Crippen LogP contribution in [-0.2, 0) is 9.59 Å². The number of aliphatic hydroxyl groups excluding tert-OH is 1. The predicted molar refractivity (Wildman–Crippen MR) is 67.7 cm³/mol. The van der Waals surface area contributed by atoms with Crippen molar-refractivity contribution < 1.29 is 14.7 Å². The van der Waals surface area contributed by atoms with Crippen LogP contribution in [0.2, 0.25) is 0 Å². The number of hydrogen-bond acceptors (Lipinski definition) is 4. The molecule has 0 aliphatic rings. The van der Waals surface area contributed by atoms with E-state index in [1.165, 1.54) is 4.90 Å². The molecule has 0 spiro atoms. The number of aliphatic hydroxyl groups is 1. The van der Waals surface area contributed by atoms with Crippen LogP contribution in [0, 0.1) is 0 Å². The molecule has 0 aliphatic carbocycles. The Morgan fingerprint density at radius 3 is 2.17 bits per heavy atom. The van der Waals surface area contributed by atoms with E-state index in [4.69, 9.17) is 11.5 Å². The fourth-order valence-electron chi connectivity index (χ4n) is 1.73. The van der Waals surface area contributed by atoms with Crippen molar-refractivity contribution in [2.75, 3.05) is 18.0 Å². The van der Waals surface area contributed by atoms with Crippen molar-refractivity contribution in [3.05, 3.63) is 29.8 Å². The van der Waals surface area contributed by atoms with Crippen LogP contribution in [0.4, 0.5) is 5.69 Å². The maximum absolute atomic E-state index is 11.0. The molecule has 1 rings (SSSR count). The lowest BCUT2D eigenvalue weighted by Gasteiger charge is -2.25. The van der Waals surface area contributed by atoms with Crippen molar-refractivity contribution >= 4 is 17.5 Å². The zero-order valence-corrected chi connectivity index (χ0v) is 10.2. The molecule has 0 bridgehead atoms. The van der Waals surface area contributed by atoms with Crippen LogP contribution in [0.25, 0.3) is 0 Å². The van der Waals surface area contributed by atoms with Gasteiger partial charge in [-0.1, -0.05) is 18.2 Å². The molecule has 0 fully saturated rings. The molecule has 2 amide bonds. The highest BCUT2D eigenvalue weighted by Gasteiger charge is 2.17. The molecule has 1 unspecified atom stereocenters. The molecule has 18 heavy (non-hydrogen) atoms. The summed E-state index contributed by atoms with van der Waals surface area (Å²) in [5.74, 6) is -1.15. The fraction of sp³-hybridized carbons (Fsp3) is 0.333. The molecule has 0 saturated heterocycles. The number of hydrogen-bond donors (Lipinski definition) is 3. The molecule has 0 aromatic heterocycles. The van der Waals surface area contributed by atoms with E-state index in [1.807, 2.05) is 0 Å². The van der Waals surface area contributed by atoms with Gasteiger partial charge in [0.25, 0.3) is 0 Å². The van der Waals surface area contributed by atoms with E-state index in [0.717, 1.165) is 0 Å². The number of primary amides is 2. The van der Waals surface area contributed by atoms with Crippen molar-refractivity contribution in [3.8, 4) is 0 Å². The molecule has 0 heterocycles. The van der Waals surface area contributed by atoms with Crippen molar-refractivity contribution in [2.24, 2.45) is 11.5 Å². The second kappa shape index (κ2) is 6.02. The number of carbonyl (C=O) groups excluding carboxylic acids is 2. The number of carbonyl (C=O) groups is 2. The lowest BCUT2D eigenvalue weighted by atomic mass is 10.1. The molecule has 0 saturated carbocycles. The van der Waals surface area contributed by atoms with Crippen LogP contribution in [0.1, 0.15) is 18.6 Å². The van der Waals surface area contributed by atoms with Gasteiger partial charge in [0.2, 0.25) is 11.8 Å². The Labute approximate surface area is 105 Å². The molecular formula is C12H17N3O3. The summed E-state index contributed by atoms with van der Waals surface area (Å²) in [7, 11) is 0. The molecule has 1 atom stereocenters. The number of anilines is 1. The third-order valence-corrected chi connectivity index (χ3v) is 2.42. The summed E-state index contributed by atoms with van der Waals surface area (Å²) in [5.41, 5.74) is 11.5. The summed E-state index contributed by atoms with van der Waals surface area (Å²) in [4.78, 5) is 23.5. The number of benzene rings is 1. The summed E-state index contributed by atoms with van der Waals surface area (Å²) >= 11 is 0. The lowest BCUT2D eigenvalue weighted by Crippen LogP contribution is -2.40. The number of nitrogens with two attached hydrogens (primary N) is 2. The molecule has 0 aliphatic heterocycles. The van der Waals surface area contributed by atoms with Gasteiger partial charge in [0.15, 0.2) is 0 Å². The average molecular weight is 251 g/mol. The molecule has 0 radical (unpaired) electrons. The highest BCUT2D eigenvalue weighted by molar-refractivity contribution is 5.85.